The van der Waals surface area contributed by atoms with Gasteiger partial charge in [-0.05, 0) is 49.7 Å². The van der Waals surface area contributed by atoms with Crippen LogP contribution < -0.4 is 5.73 Å². The third kappa shape index (κ3) is 2.85. The van der Waals surface area contributed by atoms with Gasteiger partial charge in [0, 0.05) is 37.8 Å². The quantitative estimate of drug-likeness (QED) is 0.844. The highest BCUT2D eigenvalue weighted by Gasteiger charge is 2.57. The number of hydrogen-bond donors (Lipinski definition) is 1. The van der Waals surface area contributed by atoms with Crippen LogP contribution in [0.25, 0.3) is 0 Å². The van der Waals surface area contributed by atoms with Crippen molar-refractivity contribution in [3.05, 3.63) is 29.6 Å². The number of nitrogen functional groups attached to an aromatic ring is 1. The molecule has 2 saturated carbocycles. The van der Waals surface area contributed by atoms with Gasteiger partial charge in [-0.15, -0.1) is 0 Å². The fraction of sp³-hybridized carbons (Fsp3) is 0.600. The lowest BCUT2D eigenvalue weighted by Gasteiger charge is -2.40. The van der Waals surface area contributed by atoms with Gasteiger partial charge in [-0.1, -0.05) is 12.5 Å². The average molecular weight is 359 g/mol. The predicted molar refractivity (Wildman–Crippen MR) is 96.9 cm³/mol. The van der Waals surface area contributed by atoms with E-state index in [9.17, 15) is 14.0 Å². The highest BCUT2D eigenvalue weighted by atomic mass is 19.1. The number of hydrogen-bond acceptors (Lipinski definition) is 3. The molecule has 4 rings (SSSR count). The van der Waals surface area contributed by atoms with Crippen LogP contribution in [0.3, 0.4) is 0 Å². The molecule has 1 saturated heterocycles. The van der Waals surface area contributed by atoms with Gasteiger partial charge in [0.25, 0.3) is 5.91 Å². The number of fused-ring (bicyclic) bond motifs is 1. The lowest BCUT2D eigenvalue weighted by Crippen LogP contribution is -2.55. The maximum Gasteiger partial charge on any atom is 0.259 e. The van der Waals surface area contributed by atoms with Crippen LogP contribution >= 0.6 is 0 Å². The Morgan fingerprint density at radius 1 is 1.35 bits per heavy atom. The van der Waals surface area contributed by atoms with Gasteiger partial charge in [0.05, 0.1) is 5.56 Å². The standard InChI is InChI=1S/C20H26FN3O2/c1-13-12-23(19(26)18-15(21)5-2-6-16(18)22)8-9-24(13)17(25)11-20-7-3-4-14(20)10-20/h2,5-6,13-14H,3-4,7-12,22H2,1H3/t13-,14?,20?/m1/s1. The molecule has 0 aromatic heterocycles. The molecule has 5 nitrogen and oxygen atoms in total. The number of nitrogens with zero attached hydrogens (tertiary/aromatic N) is 2. The molecule has 2 aliphatic carbocycles. The largest absolute Gasteiger partial charge is 0.398 e. The molecule has 2 N–H and O–H groups in total. The molecule has 1 heterocycles. The molecule has 1 aromatic rings. The fourth-order valence-electron chi connectivity index (χ4n) is 4.99. The second-order valence-electron chi connectivity index (χ2n) is 8.22. The Morgan fingerprint density at radius 3 is 2.77 bits per heavy atom. The molecule has 1 aromatic carbocycles. The Morgan fingerprint density at radius 2 is 2.15 bits per heavy atom. The van der Waals surface area contributed by atoms with Crippen molar-refractivity contribution in [1.29, 1.82) is 0 Å². The molecule has 0 bridgehead atoms. The zero-order chi connectivity index (χ0) is 18.5. The summed E-state index contributed by atoms with van der Waals surface area (Å²) in [7, 11) is 0. The number of anilines is 1. The summed E-state index contributed by atoms with van der Waals surface area (Å²) >= 11 is 0. The van der Waals surface area contributed by atoms with E-state index in [1.165, 1.54) is 43.9 Å². The van der Waals surface area contributed by atoms with E-state index in [0.717, 1.165) is 5.92 Å². The van der Waals surface area contributed by atoms with E-state index in [-0.39, 0.29) is 28.6 Å². The third-order valence-electron chi connectivity index (χ3n) is 6.58. The molecule has 3 fully saturated rings. The van der Waals surface area contributed by atoms with Crippen molar-refractivity contribution in [2.24, 2.45) is 11.3 Å². The molecular formula is C20H26FN3O2. The first-order valence-corrected chi connectivity index (χ1v) is 9.54. The Hall–Kier alpha value is -2.11. The van der Waals surface area contributed by atoms with Crippen LogP contribution in [0.1, 0.15) is 49.4 Å². The van der Waals surface area contributed by atoms with Crippen LogP contribution in [0, 0.1) is 17.2 Å². The lowest BCUT2D eigenvalue weighted by molar-refractivity contribution is -0.136. The van der Waals surface area contributed by atoms with Gasteiger partial charge in [0.1, 0.15) is 5.82 Å². The molecule has 2 amide bonds. The number of carbonyl (C=O) groups is 2. The van der Waals surface area contributed by atoms with E-state index in [1.54, 1.807) is 4.90 Å². The molecule has 6 heteroatoms. The maximum absolute atomic E-state index is 14.0. The minimum atomic E-state index is -0.596. The summed E-state index contributed by atoms with van der Waals surface area (Å²) < 4.78 is 14.0. The molecule has 1 aliphatic heterocycles. The second-order valence-corrected chi connectivity index (χ2v) is 8.22. The first-order valence-electron chi connectivity index (χ1n) is 9.54. The minimum Gasteiger partial charge on any atom is -0.398 e. The van der Waals surface area contributed by atoms with Crippen LogP contribution in [0.2, 0.25) is 0 Å². The molecule has 2 unspecified atom stereocenters. The van der Waals surface area contributed by atoms with Crippen molar-refractivity contribution in [3.63, 3.8) is 0 Å². The Balaban J connectivity index is 1.40. The topological polar surface area (TPSA) is 66.6 Å². The number of piperazine rings is 1. The van der Waals surface area contributed by atoms with Crippen LogP contribution in [0.5, 0.6) is 0 Å². The van der Waals surface area contributed by atoms with Crippen molar-refractivity contribution < 1.29 is 14.0 Å². The first kappa shape index (κ1) is 17.3. The monoisotopic (exact) mass is 359 g/mol. The summed E-state index contributed by atoms with van der Waals surface area (Å²) in [5.74, 6) is -0.0227. The Bertz CT molecular complexity index is 732. The van der Waals surface area contributed by atoms with E-state index >= 15 is 0 Å². The fourth-order valence-corrected chi connectivity index (χ4v) is 4.99. The van der Waals surface area contributed by atoms with E-state index < -0.39 is 11.7 Å². The summed E-state index contributed by atoms with van der Waals surface area (Å²) in [5.41, 5.74) is 6.17. The van der Waals surface area contributed by atoms with Gasteiger partial charge in [-0.2, -0.15) is 0 Å². The molecular weight excluding hydrogens is 333 g/mol. The average Bonchev–Trinajstić information content (AvgIpc) is 3.13. The van der Waals surface area contributed by atoms with Crippen LogP contribution in [-0.4, -0.2) is 47.3 Å². The van der Waals surface area contributed by atoms with Gasteiger partial charge in [-0.25, -0.2) is 4.39 Å². The number of rotatable bonds is 3. The van der Waals surface area contributed by atoms with Crippen molar-refractivity contribution in [3.8, 4) is 0 Å². The SMILES string of the molecule is C[C@@H]1CN(C(=O)c2c(N)cccc2F)CCN1C(=O)CC12CCCC1C2. The van der Waals surface area contributed by atoms with Crippen molar-refractivity contribution >= 4 is 17.5 Å². The molecule has 0 spiro atoms. The first-order chi connectivity index (χ1) is 12.4. The number of halogens is 1. The summed E-state index contributed by atoms with van der Waals surface area (Å²) in [6.07, 6.45) is 5.56. The number of carbonyl (C=O) groups excluding carboxylic acids is 2. The van der Waals surface area contributed by atoms with Crippen LogP contribution in [0.15, 0.2) is 18.2 Å². The molecule has 3 atom stereocenters. The number of nitrogens with two attached hydrogens (primary N) is 1. The normalized spacial score (nSPS) is 30.2. The summed E-state index contributed by atoms with van der Waals surface area (Å²) in [6.45, 7) is 3.29. The second kappa shape index (κ2) is 6.25. The zero-order valence-electron chi connectivity index (χ0n) is 15.2. The summed E-state index contributed by atoms with van der Waals surface area (Å²) in [5, 5.41) is 0. The van der Waals surface area contributed by atoms with Crippen molar-refractivity contribution in [2.75, 3.05) is 25.4 Å². The minimum absolute atomic E-state index is 0.0647. The van der Waals surface area contributed by atoms with E-state index in [0.29, 0.717) is 26.1 Å². The maximum atomic E-state index is 14.0. The van der Waals surface area contributed by atoms with Crippen molar-refractivity contribution in [2.45, 2.75) is 45.1 Å². The lowest BCUT2D eigenvalue weighted by atomic mass is 9.97. The van der Waals surface area contributed by atoms with Crippen molar-refractivity contribution in [1.82, 2.24) is 9.80 Å². The zero-order valence-corrected chi connectivity index (χ0v) is 15.2. The highest BCUT2D eigenvalue weighted by molar-refractivity contribution is 5.99. The third-order valence-corrected chi connectivity index (χ3v) is 6.58. The molecule has 26 heavy (non-hydrogen) atoms. The molecule has 140 valence electrons. The van der Waals surface area contributed by atoms with Crippen LogP contribution in [-0.2, 0) is 4.79 Å². The van der Waals surface area contributed by atoms with Gasteiger partial charge in [0.2, 0.25) is 5.91 Å². The Kier molecular flexibility index (Phi) is 4.16. The van der Waals surface area contributed by atoms with E-state index in [4.69, 9.17) is 5.73 Å². The highest BCUT2D eigenvalue weighted by Crippen LogP contribution is 2.65. The van der Waals surface area contributed by atoms with Gasteiger partial charge in [0.15, 0.2) is 0 Å². The van der Waals surface area contributed by atoms with E-state index in [1.807, 2.05) is 11.8 Å². The number of benzene rings is 1. The molecule has 3 aliphatic rings. The van der Waals surface area contributed by atoms with Crippen LogP contribution in [0.4, 0.5) is 10.1 Å². The predicted octanol–water partition coefficient (Wildman–Crippen LogP) is 2.66. The number of amides is 2. The molecule has 0 radical (unpaired) electrons. The summed E-state index contributed by atoms with van der Waals surface area (Å²) in [6, 6.07) is 4.21. The Labute approximate surface area is 153 Å². The van der Waals surface area contributed by atoms with E-state index in [2.05, 4.69) is 0 Å². The summed E-state index contributed by atoms with van der Waals surface area (Å²) in [4.78, 5) is 29.0. The van der Waals surface area contributed by atoms with Gasteiger partial charge < -0.3 is 15.5 Å². The van der Waals surface area contributed by atoms with Gasteiger partial charge >= 0.3 is 0 Å². The van der Waals surface area contributed by atoms with Gasteiger partial charge in [-0.3, -0.25) is 9.59 Å². The smallest absolute Gasteiger partial charge is 0.259 e.